The Kier molecular flexibility index (Phi) is 7.08. The number of halogens is 1. The largest absolute Gasteiger partial charge is 0.450 e. The summed E-state index contributed by atoms with van der Waals surface area (Å²) >= 11 is 3.37. The van der Waals surface area contributed by atoms with Crippen molar-refractivity contribution in [2.75, 3.05) is 20.2 Å². The number of hydrogen-bond acceptors (Lipinski definition) is 3. The number of carbonyl (C=O) groups excluding carboxylic acids is 2. The molecule has 0 aliphatic heterocycles. The lowest BCUT2D eigenvalue weighted by atomic mass is 10.2. The highest BCUT2D eigenvalue weighted by molar-refractivity contribution is 9.10. The van der Waals surface area contributed by atoms with Crippen LogP contribution in [0, 0.1) is 0 Å². The van der Waals surface area contributed by atoms with Crippen LogP contribution in [-0.2, 0) is 16.1 Å². The van der Waals surface area contributed by atoms with Crippen LogP contribution in [0.4, 0.5) is 4.79 Å². The van der Waals surface area contributed by atoms with Crippen LogP contribution in [0.5, 0.6) is 0 Å². The third-order valence-electron chi connectivity index (χ3n) is 2.64. The SMILES string of the molecule is CCOC(=O)NCCC(=O)N(C)Cc1ccc(Br)cc1. The normalized spacial score (nSPS) is 9.95. The van der Waals surface area contributed by atoms with E-state index < -0.39 is 6.09 Å². The lowest BCUT2D eigenvalue weighted by Crippen LogP contribution is -2.32. The first-order valence-corrected chi connectivity index (χ1v) is 7.21. The molecule has 0 saturated carbocycles. The first kappa shape index (κ1) is 16.5. The van der Waals surface area contributed by atoms with Crippen molar-refractivity contribution in [3.63, 3.8) is 0 Å². The number of rotatable bonds is 6. The summed E-state index contributed by atoms with van der Waals surface area (Å²) in [5.41, 5.74) is 1.06. The number of alkyl carbamates (subject to hydrolysis) is 1. The standard InChI is InChI=1S/C14H19BrN2O3/c1-3-20-14(19)16-9-8-13(18)17(2)10-11-4-6-12(15)7-5-11/h4-7H,3,8-10H2,1-2H3,(H,16,19). The molecule has 20 heavy (non-hydrogen) atoms. The maximum atomic E-state index is 11.9. The molecule has 0 heterocycles. The van der Waals surface area contributed by atoms with E-state index >= 15 is 0 Å². The molecule has 1 aromatic rings. The molecule has 0 saturated heterocycles. The predicted molar refractivity (Wildman–Crippen MR) is 80.3 cm³/mol. The summed E-state index contributed by atoms with van der Waals surface area (Å²) in [6.45, 7) is 2.88. The Labute approximate surface area is 127 Å². The van der Waals surface area contributed by atoms with E-state index in [1.54, 1.807) is 18.9 Å². The van der Waals surface area contributed by atoms with Crippen molar-refractivity contribution in [1.29, 1.82) is 0 Å². The molecule has 1 N–H and O–H groups in total. The van der Waals surface area contributed by atoms with E-state index in [4.69, 9.17) is 4.74 Å². The number of amides is 2. The average molecular weight is 343 g/mol. The third kappa shape index (κ3) is 6.06. The van der Waals surface area contributed by atoms with Crippen molar-refractivity contribution in [3.8, 4) is 0 Å². The van der Waals surface area contributed by atoms with Gasteiger partial charge in [0.25, 0.3) is 0 Å². The van der Waals surface area contributed by atoms with Gasteiger partial charge >= 0.3 is 6.09 Å². The quantitative estimate of drug-likeness (QED) is 0.864. The van der Waals surface area contributed by atoms with Gasteiger partial charge in [0.2, 0.25) is 5.91 Å². The second kappa shape index (κ2) is 8.58. The Bertz CT molecular complexity index is 448. The fourth-order valence-corrected chi connectivity index (χ4v) is 1.86. The van der Waals surface area contributed by atoms with Crippen LogP contribution in [0.3, 0.4) is 0 Å². The van der Waals surface area contributed by atoms with Gasteiger partial charge in [0.05, 0.1) is 6.61 Å². The third-order valence-corrected chi connectivity index (χ3v) is 3.17. The molecule has 0 unspecified atom stereocenters. The highest BCUT2D eigenvalue weighted by Gasteiger charge is 2.10. The summed E-state index contributed by atoms with van der Waals surface area (Å²) in [5, 5.41) is 2.53. The molecule has 1 rings (SSSR count). The Morgan fingerprint density at radius 3 is 2.55 bits per heavy atom. The van der Waals surface area contributed by atoms with Crippen LogP contribution < -0.4 is 5.32 Å². The molecule has 0 aliphatic rings. The van der Waals surface area contributed by atoms with Gasteiger partial charge in [-0.2, -0.15) is 0 Å². The maximum Gasteiger partial charge on any atom is 0.407 e. The molecule has 0 aromatic heterocycles. The van der Waals surface area contributed by atoms with Crippen LogP contribution in [-0.4, -0.2) is 37.1 Å². The highest BCUT2D eigenvalue weighted by Crippen LogP contribution is 2.12. The minimum Gasteiger partial charge on any atom is -0.450 e. The first-order valence-electron chi connectivity index (χ1n) is 6.42. The number of nitrogens with one attached hydrogen (secondary N) is 1. The zero-order valence-electron chi connectivity index (χ0n) is 11.7. The second-order valence-electron chi connectivity index (χ2n) is 4.27. The van der Waals surface area contributed by atoms with Crippen LogP contribution in [0.2, 0.25) is 0 Å². The first-order chi connectivity index (χ1) is 9.52. The summed E-state index contributed by atoms with van der Waals surface area (Å²) in [5.74, 6) is -0.0234. The molecular formula is C14H19BrN2O3. The maximum absolute atomic E-state index is 11.9. The van der Waals surface area contributed by atoms with E-state index in [-0.39, 0.29) is 18.9 Å². The van der Waals surface area contributed by atoms with Gasteiger partial charge in [0.15, 0.2) is 0 Å². The molecule has 0 radical (unpaired) electrons. The molecule has 5 nitrogen and oxygen atoms in total. The fourth-order valence-electron chi connectivity index (χ4n) is 1.60. The predicted octanol–water partition coefficient (Wildman–Crippen LogP) is 2.54. The Hall–Kier alpha value is -1.56. The van der Waals surface area contributed by atoms with E-state index in [1.807, 2.05) is 24.3 Å². The average Bonchev–Trinajstić information content (AvgIpc) is 2.41. The van der Waals surface area contributed by atoms with E-state index in [0.29, 0.717) is 13.2 Å². The Morgan fingerprint density at radius 2 is 1.95 bits per heavy atom. The summed E-state index contributed by atoms with van der Waals surface area (Å²) < 4.78 is 5.72. The lowest BCUT2D eigenvalue weighted by molar-refractivity contribution is -0.130. The number of nitrogens with zero attached hydrogens (tertiary/aromatic N) is 1. The molecule has 0 spiro atoms. The number of benzene rings is 1. The summed E-state index contributed by atoms with van der Waals surface area (Å²) in [7, 11) is 1.74. The summed E-state index contributed by atoms with van der Waals surface area (Å²) in [4.78, 5) is 24.6. The number of hydrogen-bond donors (Lipinski definition) is 1. The van der Waals surface area contributed by atoms with Crippen LogP contribution in [0.25, 0.3) is 0 Å². The molecule has 0 aliphatic carbocycles. The van der Waals surface area contributed by atoms with E-state index in [1.165, 1.54) is 0 Å². The molecule has 2 amide bonds. The Balaban J connectivity index is 2.32. The number of carbonyl (C=O) groups is 2. The van der Waals surface area contributed by atoms with Gasteiger partial charge in [0, 0.05) is 31.0 Å². The molecular weight excluding hydrogens is 324 g/mol. The van der Waals surface area contributed by atoms with Crippen molar-refractivity contribution in [2.24, 2.45) is 0 Å². The van der Waals surface area contributed by atoms with Gasteiger partial charge in [-0.15, -0.1) is 0 Å². The van der Waals surface area contributed by atoms with Gasteiger partial charge in [-0.05, 0) is 24.6 Å². The highest BCUT2D eigenvalue weighted by atomic mass is 79.9. The zero-order valence-corrected chi connectivity index (χ0v) is 13.3. The van der Waals surface area contributed by atoms with Gasteiger partial charge in [0.1, 0.15) is 0 Å². The monoisotopic (exact) mass is 342 g/mol. The Morgan fingerprint density at radius 1 is 1.30 bits per heavy atom. The summed E-state index contributed by atoms with van der Waals surface area (Å²) in [6.07, 6.45) is -0.234. The van der Waals surface area contributed by atoms with Gasteiger partial charge in [-0.1, -0.05) is 28.1 Å². The molecule has 110 valence electrons. The van der Waals surface area contributed by atoms with E-state index in [0.717, 1.165) is 10.0 Å². The molecule has 1 aromatic carbocycles. The topological polar surface area (TPSA) is 58.6 Å². The van der Waals surface area contributed by atoms with Gasteiger partial charge in [-0.3, -0.25) is 4.79 Å². The minimum absolute atomic E-state index is 0.0234. The van der Waals surface area contributed by atoms with Crippen molar-refractivity contribution in [2.45, 2.75) is 19.9 Å². The molecule has 0 fully saturated rings. The van der Waals surface area contributed by atoms with Crippen LogP contribution >= 0.6 is 15.9 Å². The number of ether oxygens (including phenoxy) is 1. The van der Waals surface area contributed by atoms with Crippen molar-refractivity contribution in [3.05, 3.63) is 34.3 Å². The van der Waals surface area contributed by atoms with Crippen LogP contribution in [0.15, 0.2) is 28.7 Å². The molecule has 0 bridgehead atoms. The summed E-state index contributed by atoms with van der Waals surface area (Å²) in [6, 6.07) is 7.81. The van der Waals surface area contributed by atoms with E-state index in [9.17, 15) is 9.59 Å². The fraction of sp³-hybridized carbons (Fsp3) is 0.429. The van der Waals surface area contributed by atoms with Crippen molar-refractivity contribution < 1.29 is 14.3 Å². The van der Waals surface area contributed by atoms with Crippen LogP contribution in [0.1, 0.15) is 18.9 Å². The molecule has 0 atom stereocenters. The van der Waals surface area contributed by atoms with Crippen molar-refractivity contribution >= 4 is 27.9 Å². The van der Waals surface area contributed by atoms with Gasteiger partial charge in [-0.25, -0.2) is 4.79 Å². The lowest BCUT2D eigenvalue weighted by Gasteiger charge is -2.17. The van der Waals surface area contributed by atoms with Crippen molar-refractivity contribution in [1.82, 2.24) is 10.2 Å². The minimum atomic E-state index is -0.490. The van der Waals surface area contributed by atoms with E-state index in [2.05, 4.69) is 21.2 Å². The van der Waals surface area contributed by atoms with Gasteiger partial charge < -0.3 is 15.0 Å². The second-order valence-corrected chi connectivity index (χ2v) is 5.19. The smallest absolute Gasteiger partial charge is 0.407 e. The molecule has 6 heteroatoms. The zero-order chi connectivity index (χ0) is 15.0.